The molecule has 0 aliphatic carbocycles. The lowest BCUT2D eigenvalue weighted by Crippen LogP contribution is -2.25. The Labute approximate surface area is 129 Å². The van der Waals surface area contributed by atoms with Gasteiger partial charge < -0.3 is 5.32 Å². The highest BCUT2D eigenvalue weighted by Gasteiger charge is 2.20. The number of H-pyrrole nitrogens is 1. The van der Waals surface area contributed by atoms with Crippen LogP contribution in [0.1, 0.15) is 16.7 Å². The first-order valence-corrected chi connectivity index (χ1v) is 6.96. The van der Waals surface area contributed by atoms with E-state index in [4.69, 9.17) is 4.98 Å². The Bertz CT molecular complexity index is 794. The van der Waals surface area contributed by atoms with Gasteiger partial charge in [-0.15, -0.1) is 12.4 Å². The zero-order chi connectivity index (χ0) is 13.5. The molecule has 3 aromatic rings. The lowest BCUT2D eigenvalue weighted by Gasteiger charge is -2.21. The molecule has 1 aliphatic heterocycles. The van der Waals surface area contributed by atoms with Crippen LogP contribution in [-0.4, -0.2) is 21.7 Å². The van der Waals surface area contributed by atoms with Crippen LogP contribution in [0.5, 0.6) is 0 Å². The van der Waals surface area contributed by atoms with Gasteiger partial charge in [0.25, 0.3) is 0 Å². The van der Waals surface area contributed by atoms with Crippen LogP contribution in [0.2, 0.25) is 0 Å². The summed E-state index contributed by atoms with van der Waals surface area (Å²) in [5, 5.41) is 11.8. The van der Waals surface area contributed by atoms with Crippen molar-refractivity contribution in [2.75, 3.05) is 6.54 Å². The Morgan fingerprint density at radius 1 is 1.14 bits per heavy atom. The number of nitrogens with zero attached hydrogens (tertiary/aromatic N) is 2. The molecular formula is C16H17ClN4. The summed E-state index contributed by atoms with van der Waals surface area (Å²) in [4.78, 5) is 4.82. The molecule has 0 radical (unpaired) electrons. The molecule has 4 nitrogen and oxygen atoms in total. The van der Waals surface area contributed by atoms with E-state index < -0.39 is 0 Å². The summed E-state index contributed by atoms with van der Waals surface area (Å²) in [6, 6.07) is 8.42. The second-order valence-corrected chi connectivity index (χ2v) is 5.29. The summed E-state index contributed by atoms with van der Waals surface area (Å²) in [5.41, 5.74) is 7.15. The molecule has 0 saturated heterocycles. The number of halogens is 1. The van der Waals surface area contributed by atoms with Gasteiger partial charge in [0.15, 0.2) is 5.65 Å². The first-order chi connectivity index (χ1) is 9.84. The van der Waals surface area contributed by atoms with E-state index in [0.29, 0.717) is 0 Å². The molecule has 0 saturated carbocycles. The van der Waals surface area contributed by atoms with Gasteiger partial charge in [0.2, 0.25) is 0 Å². The first kappa shape index (κ1) is 14.0. The van der Waals surface area contributed by atoms with Gasteiger partial charge in [0, 0.05) is 17.5 Å². The molecule has 1 aromatic carbocycles. The largest absolute Gasteiger partial charge is 0.312 e. The number of rotatable bonds is 1. The number of aryl methyl sites for hydroxylation is 1. The molecule has 5 heteroatoms. The van der Waals surface area contributed by atoms with Crippen LogP contribution < -0.4 is 5.32 Å². The molecule has 0 bridgehead atoms. The van der Waals surface area contributed by atoms with E-state index >= 15 is 0 Å². The van der Waals surface area contributed by atoms with Crippen LogP contribution in [0.3, 0.4) is 0 Å². The number of hydrogen-bond donors (Lipinski definition) is 2. The first-order valence-electron chi connectivity index (χ1n) is 6.96. The molecule has 0 unspecified atom stereocenters. The quantitative estimate of drug-likeness (QED) is 0.726. The minimum absolute atomic E-state index is 0. The van der Waals surface area contributed by atoms with Crippen molar-refractivity contribution in [3.63, 3.8) is 0 Å². The molecule has 2 N–H and O–H groups in total. The minimum Gasteiger partial charge on any atom is -0.312 e. The van der Waals surface area contributed by atoms with Crippen molar-refractivity contribution in [2.45, 2.75) is 19.9 Å². The topological polar surface area (TPSA) is 53.6 Å². The summed E-state index contributed by atoms with van der Waals surface area (Å²) in [6.45, 7) is 4.04. The van der Waals surface area contributed by atoms with Gasteiger partial charge >= 0.3 is 0 Å². The van der Waals surface area contributed by atoms with Crippen LogP contribution >= 0.6 is 12.4 Å². The number of hydrogen-bond acceptors (Lipinski definition) is 3. The summed E-state index contributed by atoms with van der Waals surface area (Å²) in [5.74, 6) is 0. The molecular weight excluding hydrogens is 284 g/mol. The third-order valence-corrected chi connectivity index (χ3v) is 4.07. The lowest BCUT2D eigenvalue weighted by molar-refractivity contribution is 0.646. The normalized spacial score (nSPS) is 13.8. The summed E-state index contributed by atoms with van der Waals surface area (Å²) < 4.78 is 0. The fourth-order valence-electron chi connectivity index (χ4n) is 3.03. The molecule has 2 aromatic heterocycles. The van der Waals surface area contributed by atoms with E-state index in [-0.39, 0.29) is 12.4 Å². The number of nitrogens with one attached hydrogen (secondary N) is 2. The van der Waals surface area contributed by atoms with Crippen LogP contribution in [0.15, 0.2) is 30.5 Å². The molecule has 21 heavy (non-hydrogen) atoms. The standard InChI is InChI=1S/C16H16N4.ClH/c1-10-4-2-3-5-11(10)15-13-8-17-7-6-12(13)14-9-18-20-16(14)19-15;/h2-5,9,17H,6-8H2,1H3,(H,18,19,20);1H. The van der Waals surface area contributed by atoms with Crippen molar-refractivity contribution in [1.82, 2.24) is 20.5 Å². The van der Waals surface area contributed by atoms with E-state index in [0.717, 1.165) is 30.9 Å². The van der Waals surface area contributed by atoms with Gasteiger partial charge in [-0.05, 0) is 36.6 Å². The van der Waals surface area contributed by atoms with Crippen LogP contribution in [0, 0.1) is 6.92 Å². The van der Waals surface area contributed by atoms with Crippen LogP contribution in [-0.2, 0) is 13.0 Å². The zero-order valence-corrected chi connectivity index (χ0v) is 12.6. The Kier molecular flexibility index (Phi) is 3.66. The minimum atomic E-state index is 0. The van der Waals surface area contributed by atoms with Gasteiger partial charge in [-0.3, -0.25) is 5.10 Å². The molecule has 4 rings (SSSR count). The summed E-state index contributed by atoms with van der Waals surface area (Å²) >= 11 is 0. The van der Waals surface area contributed by atoms with E-state index in [2.05, 4.69) is 46.7 Å². The maximum atomic E-state index is 4.82. The lowest BCUT2D eigenvalue weighted by atomic mass is 9.93. The van der Waals surface area contributed by atoms with Gasteiger partial charge in [-0.1, -0.05) is 24.3 Å². The monoisotopic (exact) mass is 300 g/mol. The van der Waals surface area contributed by atoms with Gasteiger partial charge in [0.05, 0.1) is 11.9 Å². The fraction of sp³-hybridized carbons (Fsp3) is 0.250. The maximum Gasteiger partial charge on any atom is 0.156 e. The average molecular weight is 301 g/mol. The summed E-state index contributed by atoms with van der Waals surface area (Å²) in [7, 11) is 0. The third kappa shape index (κ3) is 2.20. The number of aromatic nitrogens is 3. The van der Waals surface area contributed by atoms with Crippen molar-refractivity contribution in [3.05, 3.63) is 47.2 Å². The Morgan fingerprint density at radius 2 is 2.00 bits per heavy atom. The van der Waals surface area contributed by atoms with Crippen molar-refractivity contribution in [3.8, 4) is 11.3 Å². The summed E-state index contributed by atoms with van der Waals surface area (Å²) in [6.07, 6.45) is 2.93. The Hall–Kier alpha value is -1.91. The fourth-order valence-corrected chi connectivity index (χ4v) is 3.03. The van der Waals surface area contributed by atoms with Gasteiger partial charge in [-0.25, -0.2) is 4.98 Å². The molecule has 108 valence electrons. The van der Waals surface area contributed by atoms with Crippen molar-refractivity contribution >= 4 is 23.4 Å². The predicted molar refractivity (Wildman–Crippen MR) is 86.7 cm³/mol. The second kappa shape index (κ2) is 5.47. The van der Waals surface area contributed by atoms with Crippen molar-refractivity contribution in [1.29, 1.82) is 0 Å². The highest BCUT2D eigenvalue weighted by Crippen LogP contribution is 2.32. The van der Waals surface area contributed by atoms with E-state index in [1.807, 2.05) is 6.20 Å². The Balaban J connectivity index is 0.00000132. The average Bonchev–Trinajstić information content (AvgIpc) is 2.96. The molecule has 1 aliphatic rings. The van der Waals surface area contributed by atoms with Gasteiger partial charge in [-0.2, -0.15) is 5.10 Å². The predicted octanol–water partition coefficient (Wildman–Crippen LogP) is 3.00. The SMILES string of the molecule is Cc1ccccc1-c1nc2[nH]ncc2c2c1CNCC2.Cl. The number of aromatic amines is 1. The van der Waals surface area contributed by atoms with E-state index in [1.165, 1.54) is 27.6 Å². The van der Waals surface area contributed by atoms with Crippen molar-refractivity contribution in [2.24, 2.45) is 0 Å². The highest BCUT2D eigenvalue weighted by molar-refractivity contribution is 5.85. The number of fused-ring (bicyclic) bond motifs is 3. The molecule has 3 heterocycles. The van der Waals surface area contributed by atoms with E-state index in [9.17, 15) is 0 Å². The second-order valence-electron chi connectivity index (χ2n) is 5.29. The van der Waals surface area contributed by atoms with E-state index in [1.54, 1.807) is 0 Å². The van der Waals surface area contributed by atoms with Crippen LogP contribution in [0.4, 0.5) is 0 Å². The number of pyridine rings is 1. The molecule has 0 fully saturated rings. The smallest absolute Gasteiger partial charge is 0.156 e. The number of benzene rings is 1. The molecule has 0 amide bonds. The van der Waals surface area contributed by atoms with Crippen molar-refractivity contribution < 1.29 is 0 Å². The third-order valence-electron chi connectivity index (χ3n) is 4.07. The maximum absolute atomic E-state index is 4.82. The van der Waals surface area contributed by atoms with Crippen LogP contribution in [0.25, 0.3) is 22.3 Å². The molecule has 0 spiro atoms. The van der Waals surface area contributed by atoms with Gasteiger partial charge in [0.1, 0.15) is 0 Å². The Morgan fingerprint density at radius 3 is 2.86 bits per heavy atom. The highest BCUT2D eigenvalue weighted by atomic mass is 35.5. The molecule has 0 atom stereocenters. The zero-order valence-electron chi connectivity index (χ0n) is 11.8.